The van der Waals surface area contributed by atoms with Gasteiger partial charge in [0.2, 0.25) is 0 Å². The molecule has 0 saturated heterocycles. The SMILES string of the molecule is CC(Cn1cccn1)N=C(N)C(C)(C)C. The van der Waals surface area contributed by atoms with E-state index in [4.69, 9.17) is 5.73 Å². The molecule has 1 unspecified atom stereocenters. The van der Waals surface area contributed by atoms with Crippen molar-refractivity contribution in [2.45, 2.75) is 40.3 Å². The lowest BCUT2D eigenvalue weighted by Gasteiger charge is -2.19. The molecule has 0 spiro atoms. The minimum atomic E-state index is -0.0572. The summed E-state index contributed by atoms with van der Waals surface area (Å²) < 4.78 is 1.87. The second kappa shape index (κ2) is 4.47. The van der Waals surface area contributed by atoms with E-state index in [9.17, 15) is 0 Å². The number of nitrogens with zero attached hydrogens (tertiary/aromatic N) is 3. The molecular weight excluding hydrogens is 188 g/mol. The van der Waals surface area contributed by atoms with Crippen LogP contribution in [0.25, 0.3) is 0 Å². The van der Waals surface area contributed by atoms with E-state index in [1.54, 1.807) is 6.20 Å². The van der Waals surface area contributed by atoms with E-state index in [0.717, 1.165) is 6.54 Å². The molecule has 0 aliphatic rings. The smallest absolute Gasteiger partial charge is 0.0995 e. The number of hydrogen-bond donors (Lipinski definition) is 1. The van der Waals surface area contributed by atoms with Gasteiger partial charge in [-0.25, -0.2) is 0 Å². The molecule has 0 amide bonds. The van der Waals surface area contributed by atoms with Gasteiger partial charge in [-0.1, -0.05) is 20.8 Å². The molecule has 0 bridgehead atoms. The van der Waals surface area contributed by atoms with Gasteiger partial charge in [0.15, 0.2) is 0 Å². The van der Waals surface area contributed by atoms with E-state index in [0.29, 0.717) is 5.84 Å². The van der Waals surface area contributed by atoms with Crippen LogP contribution in [0.15, 0.2) is 23.5 Å². The van der Waals surface area contributed by atoms with Crippen LogP contribution in [0.1, 0.15) is 27.7 Å². The molecule has 15 heavy (non-hydrogen) atoms. The largest absolute Gasteiger partial charge is 0.387 e. The van der Waals surface area contributed by atoms with Crippen LogP contribution < -0.4 is 5.73 Å². The van der Waals surface area contributed by atoms with Crippen LogP contribution >= 0.6 is 0 Å². The maximum absolute atomic E-state index is 5.90. The average molecular weight is 208 g/mol. The third-order valence-electron chi connectivity index (χ3n) is 2.14. The number of amidine groups is 1. The first-order chi connectivity index (χ1) is 6.89. The van der Waals surface area contributed by atoms with E-state index >= 15 is 0 Å². The van der Waals surface area contributed by atoms with Gasteiger partial charge in [0.1, 0.15) is 0 Å². The van der Waals surface area contributed by atoms with Crippen LogP contribution in [-0.2, 0) is 6.54 Å². The molecule has 84 valence electrons. The van der Waals surface area contributed by atoms with Crippen LogP contribution in [0.3, 0.4) is 0 Å². The van der Waals surface area contributed by atoms with Crippen molar-refractivity contribution in [3.8, 4) is 0 Å². The molecular formula is C11H20N4. The van der Waals surface area contributed by atoms with Crippen molar-refractivity contribution in [3.63, 3.8) is 0 Å². The van der Waals surface area contributed by atoms with Gasteiger partial charge in [-0.05, 0) is 13.0 Å². The summed E-state index contributed by atoms with van der Waals surface area (Å²) in [6.07, 6.45) is 3.70. The fourth-order valence-electron chi connectivity index (χ4n) is 1.15. The summed E-state index contributed by atoms with van der Waals surface area (Å²) in [5.41, 5.74) is 5.84. The molecule has 4 nitrogen and oxygen atoms in total. The Hall–Kier alpha value is -1.32. The summed E-state index contributed by atoms with van der Waals surface area (Å²) in [5, 5.41) is 4.13. The lowest BCUT2D eigenvalue weighted by molar-refractivity contribution is 0.523. The molecule has 1 aromatic heterocycles. The predicted molar refractivity (Wildman–Crippen MR) is 62.8 cm³/mol. The van der Waals surface area contributed by atoms with Crippen molar-refractivity contribution < 1.29 is 0 Å². The quantitative estimate of drug-likeness (QED) is 0.607. The highest BCUT2D eigenvalue weighted by Gasteiger charge is 2.16. The third kappa shape index (κ3) is 3.73. The van der Waals surface area contributed by atoms with Crippen molar-refractivity contribution >= 4 is 5.84 Å². The lowest BCUT2D eigenvalue weighted by Crippen LogP contribution is -2.31. The number of rotatable bonds is 3. The van der Waals surface area contributed by atoms with Crippen molar-refractivity contribution in [1.82, 2.24) is 9.78 Å². The van der Waals surface area contributed by atoms with Gasteiger partial charge in [-0.15, -0.1) is 0 Å². The zero-order chi connectivity index (χ0) is 11.5. The standard InChI is InChI=1S/C11H20N4/c1-9(8-15-7-5-6-13-15)14-10(12)11(2,3)4/h5-7,9H,8H2,1-4H3,(H2,12,14). The van der Waals surface area contributed by atoms with Gasteiger partial charge in [0.05, 0.1) is 18.4 Å². The van der Waals surface area contributed by atoms with Crippen LogP contribution in [-0.4, -0.2) is 21.7 Å². The fourth-order valence-corrected chi connectivity index (χ4v) is 1.15. The van der Waals surface area contributed by atoms with Crippen molar-refractivity contribution in [2.75, 3.05) is 0 Å². The topological polar surface area (TPSA) is 56.2 Å². The van der Waals surface area contributed by atoms with Crippen molar-refractivity contribution in [2.24, 2.45) is 16.1 Å². The maximum Gasteiger partial charge on any atom is 0.0995 e. The first-order valence-corrected chi connectivity index (χ1v) is 5.21. The summed E-state index contributed by atoms with van der Waals surface area (Å²) in [6.45, 7) is 9.00. The van der Waals surface area contributed by atoms with Crippen LogP contribution in [0.4, 0.5) is 0 Å². The van der Waals surface area contributed by atoms with E-state index in [1.165, 1.54) is 0 Å². The Balaban J connectivity index is 2.59. The Bertz CT molecular complexity index is 319. The molecule has 1 heterocycles. The number of hydrogen-bond acceptors (Lipinski definition) is 2. The highest BCUT2D eigenvalue weighted by molar-refractivity contribution is 5.85. The molecule has 1 aromatic rings. The lowest BCUT2D eigenvalue weighted by atomic mass is 9.95. The Morgan fingerprint density at radius 1 is 1.53 bits per heavy atom. The van der Waals surface area contributed by atoms with Gasteiger partial charge in [0, 0.05) is 17.8 Å². The van der Waals surface area contributed by atoms with Crippen molar-refractivity contribution in [3.05, 3.63) is 18.5 Å². The molecule has 1 rings (SSSR count). The summed E-state index contributed by atoms with van der Waals surface area (Å²) in [4.78, 5) is 4.46. The van der Waals surface area contributed by atoms with Crippen LogP contribution in [0.5, 0.6) is 0 Å². The first-order valence-electron chi connectivity index (χ1n) is 5.21. The Morgan fingerprint density at radius 2 is 2.20 bits per heavy atom. The molecule has 1 atom stereocenters. The Labute approximate surface area is 91.2 Å². The van der Waals surface area contributed by atoms with Crippen LogP contribution in [0, 0.1) is 5.41 Å². The van der Waals surface area contributed by atoms with E-state index in [2.05, 4.69) is 30.9 Å². The first kappa shape index (κ1) is 11.8. The summed E-state index contributed by atoms with van der Waals surface area (Å²) in [7, 11) is 0. The molecule has 0 aromatic carbocycles. The third-order valence-corrected chi connectivity index (χ3v) is 2.14. The molecule has 0 fully saturated rings. The molecule has 2 N–H and O–H groups in total. The number of nitrogens with two attached hydrogens (primary N) is 1. The highest BCUT2D eigenvalue weighted by atomic mass is 15.3. The summed E-state index contributed by atoms with van der Waals surface area (Å²) in [6, 6.07) is 2.06. The minimum absolute atomic E-state index is 0.0572. The van der Waals surface area contributed by atoms with E-state index in [1.807, 2.05) is 23.9 Å². The second-order valence-electron chi connectivity index (χ2n) is 4.84. The second-order valence-corrected chi connectivity index (χ2v) is 4.84. The van der Waals surface area contributed by atoms with Gasteiger partial charge in [0.25, 0.3) is 0 Å². The monoisotopic (exact) mass is 208 g/mol. The molecule has 0 radical (unpaired) electrons. The Kier molecular flexibility index (Phi) is 3.50. The summed E-state index contributed by atoms with van der Waals surface area (Å²) in [5.74, 6) is 0.696. The van der Waals surface area contributed by atoms with Gasteiger partial charge < -0.3 is 5.73 Å². The molecule has 0 saturated carbocycles. The van der Waals surface area contributed by atoms with Gasteiger partial charge in [-0.2, -0.15) is 5.10 Å². The van der Waals surface area contributed by atoms with Gasteiger partial charge >= 0.3 is 0 Å². The average Bonchev–Trinajstić information content (AvgIpc) is 2.54. The number of aromatic nitrogens is 2. The van der Waals surface area contributed by atoms with Crippen LogP contribution in [0.2, 0.25) is 0 Å². The predicted octanol–water partition coefficient (Wildman–Crippen LogP) is 1.67. The molecule has 0 aliphatic heterocycles. The maximum atomic E-state index is 5.90. The molecule has 0 aliphatic carbocycles. The zero-order valence-corrected chi connectivity index (χ0v) is 9.94. The fraction of sp³-hybridized carbons (Fsp3) is 0.636. The summed E-state index contributed by atoms with van der Waals surface area (Å²) >= 11 is 0. The molecule has 4 heteroatoms. The normalized spacial score (nSPS) is 15.3. The van der Waals surface area contributed by atoms with Gasteiger partial charge in [-0.3, -0.25) is 9.67 Å². The van der Waals surface area contributed by atoms with Crippen molar-refractivity contribution in [1.29, 1.82) is 0 Å². The highest BCUT2D eigenvalue weighted by Crippen LogP contribution is 2.13. The minimum Gasteiger partial charge on any atom is -0.387 e. The van der Waals surface area contributed by atoms with E-state index < -0.39 is 0 Å². The zero-order valence-electron chi connectivity index (χ0n) is 9.94. The van der Waals surface area contributed by atoms with E-state index in [-0.39, 0.29) is 11.5 Å². The number of aliphatic imine (C=N–C) groups is 1. The Morgan fingerprint density at radius 3 is 2.67 bits per heavy atom.